The van der Waals surface area contributed by atoms with E-state index in [9.17, 15) is 4.79 Å². The third-order valence-electron chi connectivity index (χ3n) is 6.50. The zero-order valence-electron chi connectivity index (χ0n) is 19.4. The van der Waals surface area contributed by atoms with Crippen LogP contribution in [0.3, 0.4) is 0 Å². The number of hydrogen-bond donors (Lipinski definition) is 1. The van der Waals surface area contributed by atoms with Crippen molar-refractivity contribution in [3.63, 3.8) is 0 Å². The molecule has 2 heterocycles. The Balaban J connectivity index is 1.54. The second-order valence-corrected chi connectivity index (χ2v) is 9.90. The van der Waals surface area contributed by atoms with E-state index in [0.29, 0.717) is 12.3 Å². The largest absolute Gasteiger partial charge is 0.451 e. The normalized spacial score (nSPS) is 16.0. The molecule has 1 N–H and O–H groups in total. The molecule has 0 saturated carbocycles. The van der Waals surface area contributed by atoms with Crippen LogP contribution in [0.15, 0.2) is 46.9 Å². The quantitative estimate of drug-likeness (QED) is 0.560. The molecule has 0 radical (unpaired) electrons. The standard InChI is InChI=1S/C27H34N2O2/c1-18-8-13-22-19(2)25(31-24(22)16-18)26(30)28-17-23(29-14-6-7-15-29)20-9-11-21(12-10-20)27(3,4)5/h8-13,16,23H,6-7,14-15,17H2,1-5H3,(H,28,30)/t23-/m0/s1. The van der Waals surface area contributed by atoms with Gasteiger partial charge in [0.1, 0.15) is 5.58 Å². The molecule has 1 aliphatic rings. The average molecular weight is 419 g/mol. The highest BCUT2D eigenvalue weighted by molar-refractivity contribution is 5.99. The Bertz CT molecular complexity index is 1070. The SMILES string of the molecule is Cc1ccc2c(C)c(C(=O)NC[C@@H](c3ccc(C(C)(C)C)cc3)N3CCCC3)oc2c1. The Hall–Kier alpha value is -2.59. The highest BCUT2D eigenvalue weighted by Gasteiger charge is 2.26. The molecule has 4 rings (SSSR count). The zero-order valence-corrected chi connectivity index (χ0v) is 19.4. The Kier molecular flexibility index (Phi) is 5.94. The second-order valence-electron chi connectivity index (χ2n) is 9.90. The maximum atomic E-state index is 13.0. The van der Waals surface area contributed by atoms with Crippen LogP contribution in [0.2, 0.25) is 0 Å². The fourth-order valence-electron chi connectivity index (χ4n) is 4.54. The molecule has 164 valence electrons. The summed E-state index contributed by atoms with van der Waals surface area (Å²) in [5.74, 6) is 0.283. The molecule has 1 aliphatic heterocycles. The average Bonchev–Trinajstić information content (AvgIpc) is 3.36. The zero-order chi connectivity index (χ0) is 22.2. The Labute approximate surface area is 185 Å². The number of nitrogens with zero attached hydrogens (tertiary/aromatic N) is 1. The number of carbonyl (C=O) groups is 1. The highest BCUT2D eigenvalue weighted by Crippen LogP contribution is 2.29. The number of nitrogens with one attached hydrogen (secondary N) is 1. The summed E-state index contributed by atoms with van der Waals surface area (Å²) in [4.78, 5) is 15.5. The van der Waals surface area contributed by atoms with Crippen LogP contribution < -0.4 is 5.32 Å². The van der Waals surface area contributed by atoms with Crippen molar-refractivity contribution in [2.45, 2.75) is 58.9 Å². The van der Waals surface area contributed by atoms with Gasteiger partial charge in [-0.05, 0) is 68.0 Å². The first-order valence-corrected chi connectivity index (χ1v) is 11.4. The predicted octanol–water partition coefficient (Wildman–Crippen LogP) is 5.91. The molecule has 0 unspecified atom stereocenters. The maximum Gasteiger partial charge on any atom is 0.287 e. The third-order valence-corrected chi connectivity index (χ3v) is 6.50. The number of hydrogen-bond acceptors (Lipinski definition) is 3. The van der Waals surface area contributed by atoms with Gasteiger partial charge in [0.2, 0.25) is 0 Å². The van der Waals surface area contributed by atoms with Crippen molar-refractivity contribution >= 4 is 16.9 Å². The van der Waals surface area contributed by atoms with Gasteiger partial charge in [-0.25, -0.2) is 0 Å². The Morgan fingerprint density at radius 2 is 1.74 bits per heavy atom. The number of aryl methyl sites for hydroxylation is 2. The first kappa shape index (κ1) is 21.6. The van der Waals surface area contributed by atoms with E-state index in [4.69, 9.17) is 4.42 Å². The molecule has 1 fully saturated rings. The molecule has 4 heteroatoms. The number of carbonyl (C=O) groups excluding carboxylic acids is 1. The molecular formula is C27H34N2O2. The monoisotopic (exact) mass is 418 g/mol. The summed E-state index contributed by atoms with van der Waals surface area (Å²) in [6.45, 7) is 13.4. The van der Waals surface area contributed by atoms with Crippen molar-refractivity contribution in [2.75, 3.05) is 19.6 Å². The van der Waals surface area contributed by atoms with Gasteiger partial charge in [0.05, 0.1) is 6.04 Å². The van der Waals surface area contributed by atoms with Gasteiger partial charge >= 0.3 is 0 Å². The molecule has 0 bridgehead atoms. The van der Waals surface area contributed by atoms with Crippen LogP contribution in [0.25, 0.3) is 11.0 Å². The molecule has 2 aromatic carbocycles. The lowest BCUT2D eigenvalue weighted by Crippen LogP contribution is -2.37. The van der Waals surface area contributed by atoms with E-state index >= 15 is 0 Å². The van der Waals surface area contributed by atoms with Crippen molar-refractivity contribution in [3.05, 3.63) is 70.5 Å². The summed E-state index contributed by atoms with van der Waals surface area (Å²) in [5, 5.41) is 4.17. The number of likely N-dealkylation sites (tertiary alicyclic amines) is 1. The van der Waals surface area contributed by atoms with E-state index in [1.54, 1.807) is 0 Å². The predicted molar refractivity (Wildman–Crippen MR) is 127 cm³/mol. The van der Waals surface area contributed by atoms with Crippen LogP contribution in [-0.2, 0) is 5.41 Å². The minimum atomic E-state index is -0.137. The number of furan rings is 1. The van der Waals surface area contributed by atoms with Gasteiger partial charge in [-0.1, -0.05) is 57.2 Å². The summed E-state index contributed by atoms with van der Waals surface area (Å²) < 4.78 is 5.93. The molecule has 1 aromatic heterocycles. The first-order valence-electron chi connectivity index (χ1n) is 11.4. The van der Waals surface area contributed by atoms with E-state index in [1.807, 2.05) is 26.0 Å². The van der Waals surface area contributed by atoms with Crippen molar-refractivity contribution in [2.24, 2.45) is 0 Å². The Morgan fingerprint density at radius 3 is 2.39 bits per heavy atom. The van der Waals surface area contributed by atoms with Gasteiger partial charge in [0.25, 0.3) is 5.91 Å². The fourth-order valence-corrected chi connectivity index (χ4v) is 4.54. The van der Waals surface area contributed by atoms with E-state index in [1.165, 1.54) is 24.0 Å². The summed E-state index contributed by atoms with van der Waals surface area (Å²) in [6, 6.07) is 15.2. The highest BCUT2D eigenvalue weighted by atomic mass is 16.3. The van der Waals surface area contributed by atoms with E-state index < -0.39 is 0 Å². The van der Waals surface area contributed by atoms with Gasteiger partial charge in [0.15, 0.2) is 5.76 Å². The number of rotatable bonds is 5. The lowest BCUT2D eigenvalue weighted by atomic mass is 9.86. The molecule has 31 heavy (non-hydrogen) atoms. The maximum absolute atomic E-state index is 13.0. The van der Waals surface area contributed by atoms with Crippen molar-refractivity contribution in [1.82, 2.24) is 10.2 Å². The van der Waals surface area contributed by atoms with Gasteiger partial charge in [-0.3, -0.25) is 9.69 Å². The summed E-state index contributed by atoms with van der Waals surface area (Å²) in [6.07, 6.45) is 2.43. The lowest BCUT2D eigenvalue weighted by Gasteiger charge is -2.29. The minimum absolute atomic E-state index is 0.132. The smallest absolute Gasteiger partial charge is 0.287 e. The molecule has 1 amide bonds. The summed E-state index contributed by atoms with van der Waals surface area (Å²) >= 11 is 0. The number of benzene rings is 2. The van der Waals surface area contributed by atoms with Crippen LogP contribution in [0.1, 0.15) is 72.5 Å². The third kappa shape index (κ3) is 4.54. The van der Waals surface area contributed by atoms with Crippen LogP contribution in [0.5, 0.6) is 0 Å². The van der Waals surface area contributed by atoms with Crippen molar-refractivity contribution in [3.8, 4) is 0 Å². The van der Waals surface area contributed by atoms with E-state index in [-0.39, 0.29) is 17.4 Å². The van der Waals surface area contributed by atoms with Gasteiger partial charge < -0.3 is 9.73 Å². The van der Waals surface area contributed by atoms with E-state index in [0.717, 1.165) is 35.2 Å². The molecular weight excluding hydrogens is 384 g/mol. The summed E-state index contributed by atoms with van der Waals surface area (Å²) in [5.41, 5.74) is 5.52. The number of amides is 1. The lowest BCUT2D eigenvalue weighted by molar-refractivity contribution is 0.0911. The van der Waals surface area contributed by atoms with Gasteiger partial charge in [-0.2, -0.15) is 0 Å². The molecule has 3 aromatic rings. The fraction of sp³-hybridized carbons (Fsp3) is 0.444. The molecule has 1 atom stereocenters. The molecule has 0 aliphatic carbocycles. The van der Waals surface area contributed by atoms with Crippen LogP contribution >= 0.6 is 0 Å². The van der Waals surface area contributed by atoms with Crippen LogP contribution in [-0.4, -0.2) is 30.4 Å². The van der Waals surface area contributed by atoms with Crippen LogP contribution in [0, 0.1) is 13.8 Å². The Morgan fingerprint density at radius 1 is 1.06 bits per heavy atom. The second kappa shape index (κ2) is 8.51. The first-order chi connectivity index (χ1) is 14.7. The van der Waals surface area contributed by atoms with Gasteiger partial charge in [0, 0.05) is 17.5 Å². The van der Waals surface area contributed by atoms with Crippen molar-refractivity contribution in [1.29, 1.82) is 0 Å². The van der Waals surface area contributed by atoms with Crippen molar-refractivity contribution < 1.29 is 9.21 Å². The summed E-state index contributed by atoms with van der Waals surface area (Å²) in [7, 11) is 0. The minimum Gasteiger partial charge on any atom is -0.451 e. The molecule has 4 nitrogen and oxygen atoms in total. The molecule has 1 saturated heterocycles. The topological polar surface area (TPSA) is 45.5 Å². The van der Waals surface area contributed by atoms with E-state index in [2.05, 4.69) is 61.3 Å². The van der Waals surface area contributed by atoms with Crippen LogP contribution in [0.4, 0.5) is 0 Å². The van der Waals surface area contributed by atoms with Gasteiger partial charge in [-0.15, -0.1) is 0 Å². The molecule has 0 spiro atoms. The number of fused-ring (bicyclic) bond motifs is 1.